The smallest absolute Gasteiger partial charge is 0.262 e. The molecule has 1 saturated heterocycles. The molecule has 23 heavy (non-hydrogen) atoms. The summed E-state index contributed by atoms with van der Waals surface area (Å²) in [5.41, 5.74) is 0.982. The maximum atomic E-state index is 12.6. The molecule has 3 rings (SSSR count). The monoisotopic (exact) mass is 351 g/mol. The van der Waals surface area contributed by atoms with Gasteiger partial charge in [0.1, 0.15) is 4.83 Å². The van der Waals surface area contributed by atoms with Gasteiger partial charge < -0.3 is 4.90 Å². The molecule has 1 amide bonds. The lowest BCUT2D eigenvalue weighted by atomic mass is 10.2. The van der Waals surface area contributed by atoms with Crippen molar-refractivity contribution in [2.24, 2.45) is 7.05 Å². The summed E-state index contributed by atoms with van der Waals surface area (Å²) >= 11 is 2.92. The fourth-order valence-corrected chi connectivity index (χ4v) is 4.89. The van der Waals surface area contributed by atoms with Crippen molar-refractivity contribution in [2.75, 3.05) is 13.1 Å². The minimum atomic E-state index is -0.231. The van der Waals surface area contributed by atoms with Gasteiger partial charge in [-0.05, 0) is 39.2 Å². The Morgan fingerprint density at radius 2 is 1.96 bits per heavy atom. The fraction of sp³-hybridized carbons (Fsp3) is 0.562. The van der Waals surface area contributed by atoms with Gasteiger partial charge in [-0.15, -0.1) is 11.3 Å². The van der Waals surface area contributed by atoms with E-state index in [1.54, 1.807) is 23.0 Å². The molecule has 0 radical (unpaired) electrons. The Hall–Kier alpha value is -1.34. The van der Waals surface area contributed by atoms with Crippen LogP contribution in [0.5, 0.6) is 0 Å². The van der Waals surface area contributed by atoms with Crippen molar-refractivity contribution in [2.45, 2.75) is 44.0 Å². The minimum Gasteiger partial charge on any atom is -0.342 e. The van der Waals surface area contributed by atoms with Crippen LogP contribution in [0.4, 0.5) is 0 Å². The van der Waals surface area contributed by atoms with E-state index in [1.807, 2.05) is 25.7 Å². The van der Waals surface area contributed by atoms with Gasteiger partial charge in [-0.1, -0.05) is 11.8 Å². The van der Waals surface area contributed by atoms with E-state index < -0.39 is 0 Å². The quantitative estimate of drug-likeness (QED) is 0.630. The van der Waals surface area contributed by atoms with E-state index >= 15 is 0 Å². The molecule has 2 aromatic heterocycles. The Labute approximate surface area is 143 Å². The summed E-state index contributed by atoms with van der Waals surface area (Å²) < 4.78 is 1.57. The van der Waals surface area contributed by atoms with Crippen LogP contribution >= 0.6 is 23.1 Å². The number of nitrogens with zero attached hydrogens (tertiary/aromatic N) is 3. The molecule has 124 valence electrons. The molecule has 0 aliphatic carbocycles. The Balaban J connectivity index is 1.92. The predicted molar refractivity (Wildman–Crippen MR) is 95.5 cm³/mol. The van der Waals surface area contributed by atoms with Gasteiger partial charge in [0.05, 0.1) is 10.6 Å². The number of thiophene rings is 1. The molecule has 7 heteroatoms. The second kappa shape index (κ2) is 6.28. The lowest BCUT2D eigenvalue weighted by Crippen LogP contribution is -2.34. The first-order chi connectivity index (χ1) is 10.9. The number of hydrogen-bond donors (Lipinski definition) is 0. The van der Waals surface area contributed by atoms with Crippen LogP contribution in [0.25, 0.3) is 10.2 Å². The van der Waals surface area contributed by atoms with Gasteiger partial charge >= 0.3 is 0 Å². The summed E-state index contributed by atoms with van der Waals surface area (Å²) in [5.74, 6) is 0.139. The van der Waals surface area contributed by atoms with Crippen LogP contribution < -0.4 is 5.56 Å². The molecular formula is C16H21N3O2S2. The lowest BCUT2D eigenvalue weighted by Gasteiger charge is -2.20. The fourth-order valence-electron chi connectivity index (χ4n) is 2.86. The van der Waals surface area contributed by atoms with E-state index in [2.05, 4.69) is 4.98 Å². The average Bonchev–Trinajstić information content (AvgIpc) is 3.13. The standard InChI is InChI=1S/C16H21N3O2S2/c1-9-10(2)22-13-12(9)15(21)18(4)16(17-13)23-11(3)14(20)19-7-5-6-8-19/h11H,5-8H2,1-4H3. The summed E-state index contributed by atoms with van der Waals surface area (Å²) in [4.78, 5) is 33.5. The van der Waals surface area contributed by atoms with Crippen LogP contribution in [0.2, 0.25) is 0 Å². The number of carbonyl (C=O) groups is 1. The minimum absolute atomic E-state index is 0.0276. The third-order valence-electron chi connectivity index (χ3n) is 4.42. The van der Waals surface area contributed by atoms with Gasteiger partial charge in [-0.3, -0.25) is 14.2 Å². The molecule has 1 aliphatic rings. The molecule has 0 saturated carbocycles. The highest BCUT2D eigenvalue weighted by atomic mass is 32.2. The molecule has 0 aromatic carbocycles. The number of rotatable bonds is 3. The molecule has 0 spiro atoms. The van der Waals surface area contributed by atoms with Crippen LogP contribution in [0.3, 0.4) is 0 Å². The Kier molecular flexibility index (Phi) is 4.51. The maximum Gasteiger partial charge on any atom is 0.262 e. The molecule has 3 heterocycles. The van der Waals surface area contributed by atoms with Crippen LogP contribution in [0, 0.1) is 13.8 Å². The van der Waals surface area contributed by atoms with Crippen molar-refractivity contribution >= 4 is 39.2 Å². The van der Waals surface area contributed by atoms with Crippen molar-refractivity contribution in [3.63, 3.8) is 0 Å². The number of aryl methyl sites for hydroxylation is 2. The van der Waals surface area contributed by atoms with Crippen molar-refractivity contribution in [3.05, 3.63) is 20.8 Å². The van der Waals surface area contributed by atoms with Gasteiger partial charge in [-0.25, -0.2) is 4.98 Å². The van der Waals surface area contributed by atoms with Gasteiger partial charge in [0.15, 0.2) is 5.16 Å². The first kappa shape index (κ1) is 16.5. The molecular weight excluding hydrogens is 330 g/mol. The first-order valence-electron chi connectivity index (χ1n) is 7.82. The average molecular weight is 351 g/mol. The summed E-state index contributed by atoms with van der Waals surface area (Å²) in [6.07, 6.45) is 2.17. The van der Waals surface area contributed by atoms with E-state index in [-0.39, 0.29) is 16.7 Å². The van der Waals surface area contributed by atoms with Gasteiger partial charge in [-0.2, -0.15) is 0 Å². The van der Waals surface area contributed by atoms with Crippen molar-refractivity contribution in [3.8, 4) is 0 Å². The van der Waals surface area contributed by atoms with E-state index in [4.69, 9.17) is 0 Å². The number of aromatic nitrogens is 2. The lowest BCUT2D eigenvalue weighted by molar-refractivity contribution is -0.129. The highest BCUT2D eigenvalue weighted by Gasteiger charge is 2.25. The van der Waals surface area contributed by atoms with Crippen molar-refractivity contribution < 1.29 is 4.79 Å². The molecule has 1 atom stereocenters. The van der Waals surface area contributed by atoms with E-state index in [1.165, 1.54) is 11.8 Å². The van der Waals surface area contributed by atoms with Gasteiger partial charge in [0.2, 0.25) is 5.91 Å². The topological polar surface area (TPSA) is 55.2 Å². The number of fused-ring (bicyclic) bond motifs is 1. The predicted octanol–water partition coefficient (Wildman–Crippen LogP) is 2.71. The Morgan fingerprint density at radius 1 is 1.30 bits per heavy atom. The summed E-state index contributed by atoms with van der Waals surface area (Å²) in [5, 5.41) is 1.09. The van der Waals surface area contributed by atoms with Crippen LogP contribution in [-0.4, -0.2) is 38.7 Å². The number of thioether (sulfide) groups is 1. The number of amides is 1. The zero-order chi connectivity index (χ0) is 16.7. The number of likely N-dealkylation sites (tertiary alicyclic amines) is 1. The number of hydrogen-bond acceptors (Lipinski definition) is 5. The van der Waals surface area contributed by atoms with Gasteiger partial charge in [0, 0.05) is 25.0 Å². The molecule has 2 aromatic rings. The van der Waals surface area contributed by atoms with Crippen LogP contribution in [0.15, 0.2) is 9.95 Å². The highest BCUT2D eigenvalue weighted by molar-refractivity contribution is 8.00. The van der Waals surface area contributed by atoms with Crippen LogP contribution in [0.1, 0.15) is 30.2 Å². The maximum absolute atomic E-state index is 12.6. The normalized spacial score (nSPS) is 16.3. The molecule has 0 bridgehead atoms. The zero-order valence-corrected chi connectivity index (χ0v) is 15.5. The summed E-state index contributed by atoms with van der Waals surface area (Å²) in [6, 6.07) is 0. The second-order valence-electron chi connectivity index (χ2n) is 6.01. The molecule has 5 nitrogen and oxygen atoms in total. The second-order valence-corrected chi connectivity index (χ2v) is 8.53. The van der Waals surface area contributed by atoms with E-state index in [0.29, 0.717) is 10.5 Å². The van der Waals surface area contributed by atoms with Crippen molar-refractivity contribution in [1.29, 1.82) is 0 Å². The zero-order valence-electron chi connectivity index (χ0n) is 13.9. The van der Waals surface area contributed by atoms with Gasteiger partial charge in [0.25, 0.3) is 5.56 Å². The van der Waals surface area contributed by atoms with Crippen LogP contribution in [-0.2, 0) is 11.8 Å². The summed E-state index contributed by atoms with van der Waals surface area (Å²) in [6.45, 7) is 7.56. The van der Waals surface area contributed by atoms with E-state index in [9.17, 15) is 9.59 Å². The number of carbonyl (C=O) groups excluding carboxylic acids is 1. The highest BCUT2D eigenvalue weighted by Crippen LogP contribution is 2.29. The first-order valence-corrected chi connectivity index (χ1v) is 9.52. The molecule has 1 aliphatic heterocycles. The molecule has 1 fully saturated rings. The van der Waals surface area contributed by atoms with Crippen molar-refractivity contribution in [1.82, 2.24) is 14.5 Å². The Bertz CT molecular complexity index is 819. The summed E-state index contributed by atoms with van der Waals surface area (Å²) in [7, 11) is 1.73. The molecule has 0 N–H and O–H groups in total. The Morgan fingerprint density at radius 3 is 2.61 bits per heavy atom. The molecule has 1 unspecified atom stereocenters. The third-order valence-corrected chi connectivity index (χ3v) is 6.65. The SMILES string of the molecule is Cc1sc2nc(SC(C)C(=O)N3CCCC3)n(C)c(=O)c2c1C. The van der Waals surface area contributed by atoms with E-state index in [0.717, 1.165) is 41.2 Å². The largest absolute Gasteiger partial charge is 0.342 e. The third kappa shape index (κ3) is 2.92.